The molecule has 0 aliphatic carbocycles. The summed E-state index contributed by atoms with van der Waals surface area (Å²) in [6.07, 6.45) is 7.04. The van der Waals surface area contributed by atoms with Gasteiger partial charge in [0.1, 0.15) is 17.5 Å². The Bertz CT molecular complexity index is 789. The number of anilines is 1. The van der Waals surface area contributed by atoms with Crippen LogP contribution in [0, 0.1) is 0 Å². The SMILES string of the molecule is O=C(NCc1ccnc(N2CCCC2)c1)c1cccnc1O[C@H]1CCSC1. The minimum absolute atomic E-state index is 0.139. The normalized spacial score (nSPS) is 19.3. The van der Waals surface area contributed by atoms with Gasteiger partial charge in [0.2, 0.25) is 5.88 Å². The van der Waals surface area contributed by atoms with Gasteiger partial charge in [0.15, 0.2) is 0 Å². The molecule has 2 aliphatic rings. The van der Waals surface area contributed by atoms with E-state index in [2.05, 4.69) is 26.3 Å². The molecule has 2 aliphatic heterocycles. The molecule has 2 aromatic rings. The first-order valence-electron chi connectivity index (χ1n) is 9.47. The highest BCUT2D eigenvalue weighted by Gasteiger charge is 2.21. The van der Waals surface area contributed by atoms with Crippen LogP contribution in [0.2, 0.25) is 0 Å². The predicted molar refractivity (Wildman–Crippen MR) is 107 cm³/mol. The Balaban J connectivity index is 1.40. The molecule has 0 bridgehead atoms. The predicted octanol–water partition coefficient (Wildman–Crippen LogP) is 2.89. The van der Waals surface area contributed by atoms with Crippen LogP contribution in [-0.4, -0.2) is 46.6 Å². The summed E-state index contributed by atoms with van der Waals surface area (Å²) < 4.78 is 5.96. The van der Waals surface area contributed by atoms with Crippen LogP contribution in [0.15, 0.2) is 36.7 Å². The fraction of sp³-hybridized carbons (Fsp3) is 0.450. The molecule has 1 amide bonds. The number of ether oxygens (including phenoxy) is 1. The minimum Gasteiger partial charge on any atom is -0.473 e. The fourth-order valence-corrected chi connectivity index (χ4v) is 4.48. The third-order valence-electron chi connectivity index (χ3n) is 4.88. The van der Waals surface area contributed by atoms with Gasteiger partial charge in [-0.15, -0.1) is 0 Å². The van der Waals surface area contributed by atoms with Gasteiger partial charge in [-0.05, 0) is 54.8 Å². The molecule has 1 atom stereocenters. The highest BCUT2D eigenvalue weighted by atomic mass is 32.2. The van der Waals surface area contributed by atoms with Crippen LogP contribution in [0.1, 0.15) is 35.2 Å². The summed E-state index contributed by atoms with van der Waals surface area (Å²) >= 11 is 1.87. The van der Waals surface area contributed by atoms with Crippen molar-refractivity contribution < 1.29 is 9.53 Å². The molecule has 4 heterocycles. The number of carbonyl (C=O) groups is 1. The summed E-state index contributed by atoms with van der Waals surface area (Å²) in [5, 5.41) is 2.99. The van der Waals surface area contributed by atoms with E-state index in [1.54, 1.807) is 18.3 Å². The maximum absolute atomic E-state index is 12.7. The van der Waals surface area contributed by atoms with Crippen molar-refractivity contribution in [2.75, 3.05) is 29.5 Å². The molecule has 1 N–H and O–H groups in total. The summed E-state index contributed by atoms with van der Waals surface area (Å²) in [6.45, 7) is 2.56. The summed E-state index contributed by atoms with van der Waals surface area (Å²) in [6, 6.07) is 7.53. The molecule has 4 rings (SSSR count). The van der Waals surface area contributed by atoms with Crippen LogP contribution >= 0.6 is 11.8 Å². The third kappa shape index (κ3) is 4.53. The topological polar surface area (TPSA) is 67.4 Å². The Kier molecular flexibility index (Phi) is 5.77. The fourth-order valence-electron chi connectivity index (χ4n) is 3.39. The van der Waals surface area contributed by atoms with Crippen LogP contribution in [0.5, 0.6) is 5.88 Å². The number of thioether (sulfide) groups is 1. The van der Waals surface area contributed by atoms with Gasteiger partial charge in [0.05, 0.1) is 0 Å². The molecule has 27 heavy (non-hydrogen) atoms. The van der Waals surface area contributed by atoms with Crippen LogP contribution in [0.3, 0.4) is 0 Å². The second-order valence-corrected chi connectivity index (χ2v) is 8.01. The number of rotatable bonds is 6. The number of amides is 1. The van der Waals surface area contributed by atoms with Gasteiger partial charge in [-0.25, -0.2) is 9.97 Å². The molecule has 2 aromatic heterocycles. The lowest BCUT2D eigenvalue weighted by Crippen LogP contribution is -2.25. The molecule has 142 valence electrons. The van der Waals surface area contributed by atoms with Gasteiger partial charge >= 0.3 is 0 Å². The number of carbonyl (C=O) groups excluding carboxylic acids is 1. The quantitative estimate of drug-likeness (QED) is 0.826. The molecule has 0 aromatic carbocycles. The van der Waals surface area contributed by atoms with Crippen LogP contribution in [-0.2, 0) is 6.54 Å². The molecule has 0 spiro atoms. The molecule has 6 nitrogen and oxygen atoms in total. The lowest BCUT2D eigenvalue weighted by molar-refractivity contribution is 0.0943. The van der Waals surface area contributed by atoms with Gasteiger partial charge in [-0.2, -0.15) is 11.8 Å². The van der Waals surface area contributed by atoms with E-state index in [4.69, 9.17) is 4.74 Å². The van der Waals surface area contributed by atoms with Gasteiger partial charge in [-0.3, -0.25) is 4.79 Å². The van der Waals surface area contributed by atoms with Crippen molar-refractivity contribution in [3.8, 4) is 5.88 Å². The van der Waals surface area contributed by atoms with E-state index in [1.165, 1.54) is 12.8 Å². The first kappa shape index (κ1) is 18.1. The molecule has 2 fully saturated rings. The highest BCUT2D eigenvalue weighted by molar-refractivity contribution is 7.99. The Hall–Kier alpha value is -2.28. The van der Waals surface area contributed by atoms with E-state index in [9.17, 15) is 4.79 Å². The van der Waals surface area contributed by atoms with E-state index in [0.717, 1.165) is 42.4 Å². The van der Waals surface area contributed by atoms with Gasteiger partial charge in [0.25, 0.3) is 5.91 Å². The molecule has 0 unspecified atom stereocenters. The average molecular weight is 385 g/mol. The van der Waals surface area contributed by atoms with Crippen LogP contribution in [0.25, 0.3) is 0 Å². The maximum atomic E-state index is 12.7. The molecular weight excluding hydrogens is 360 g/mol. The summed E-state index contributed by atoms with van der Waals surface area (Å²) in [5.41, 5.74) is 1.53. The average Bonchev–Trinajstić information content (AvgIpc) is 3.41. The Morgan fingerprint density at radius 2 is 2.15 bits per heavy atom. The monoisotopic (exact) mass is 384 g/mol. The van der Waals surface area contributed by atoms with Crippen molar-refractivity contribution in [3.63, 3.8) is 0 Å². The largest absolute Gasteiger partial charge is 0.473 e. The maximum Gasteiger partial charge on any atom is 0.257 e. The zero-order chi connectivity index (χ0) is 18.5. The summed E-state index contributed by atoms with van der Waals surface area (Å²) in [4.78, 5) is 23.7. The molecule has 2 saturated heterocycles. The van der Waals surface area contributed by atoms with Gasteiger partial charge < -0.3 is 15.0 Å². The number of hydrogen-bond acceptors (Lipinski definition) is 6. The lowest BCUT2D eigenvalue weighted by Gasteiger charge is -2.17. The highest BCUT2D eigenvalue weighted by Crippen LogP contribution is 2.24. The van der Waals surface area contributed by atoms with E-state index < -0.39 is 0 Å². The molecule has 7 heteroatoms. The minimum atomic E-state index is -0.164. The first-order valence-corrected chi connectivity index (χ1v) is 10.6. The van der Waals surface area contributed by atoms with E-state index in [0.29, 0.717) is 18.0 Å². The molecule has 0 radical (unpaired) electrons. The van der Waals surface area contributed by atoms with Crippen LogP contribution < -0.4 is 15.0 Å². The molecule has 0 saturated carbocycles. The number of nitrogens with zero attached hydrogens (tertiary/aromatic N) is 3. The summed E-state index contributed by atoms with van der Waals surface area (Å²) in [5.74, 6) is 3.30. The van der Waals surface area contributed by atoms with E-state index in [-0.39, 0.29) is 12.0 Å². The lowest BCUT2D eigenvalue weighted by atomic mass is 10.2. The van der Waals surface area contributed by atoms with Gasteiger partial charge in [0, 0.05) is 37.8 Å². The van der Waals surface area contributed by atoms with E-state index >= 15 is 0 Å². The van der Waals surface area contributed by atoms with Crippen LogP contribution in [0.4, 0.5) is 5.82 Å². The standard InChI is InChI=1S/C20H24N4O2S/c25-19(17-4-3-7-22-20(17)26-16-6-11-27-14-16)23-13-15-5-8-21-18(12-15)24-9-1-2-10-24/h3-5,7-8,12,16H,1-2,6,9-11,13-14H2,(H,23,25)/t16-/m0/s1. The zero-order valence-electron chi connectivity index (χ0n) is 15.3. The van der Waals surface area contributed by atoms with Crippen molar-refractivity contribution in [2.45, 2.75) is 31.9 Å². The van der Waals surface area contributed by atoms with Crippen molar-refractivity contribution in [1.82, 2.24) is 15.3 Å². The zero-order valence-corrected chi connectivity index (χ0v) is 16.1. The number of hydrogen-bond donors (Lipinski definition) is 1. The number of aromatic nitrogens is 2. The van der Waals surface area contributed by atoms with Crippen molar-refractivity contribution in [1.29, 1.82) is 0 Å². The Morgan fingerprint density at radius 1 is 1.26 bits per heavy atom. The smallest absolute Gasteiger partial charge is 0.257 e. The summed E-state index contributed by atoms with van der Waals surface area (Å²) in [7, 11) is 0. The van der Waals surface area contributed by atoms with Gasteiger partial charge in [-0.1, -0.05) is 0 Å². The van der Waals surface area contributed by atoms with Crippen molar-refractivity contribution in [2.24, 2.45) is 0 Å². The van der Waals surface area contributed by atoms with Crippen molar-refractivity contribution >= 4 is 23.5 Å². The number of pyridine rings is 2. The Morgan fingerprint density at radius 3 is 2.96 bits per heavy atom. The number of nitrogens with one attached hydrogen (secondary N) is 1. The third-order valence-corrected chi connectivity index (χ3v) is 6.01. The second-order valence-electron chi connectivity index (χ2n) is 6.86. The van der Waals surface area contributed by atoms with Crippen molar-refractivity contribution in [3.05, 3.63) is 47.8 Å². The Labute approximate surface area is 163 Å². The second kappa shape index (κ2) is 8.61. The molecular formula is C20H24N4O2S. The first-order chi connectivity index (χ1) is 13.3. The van der Waals surface area contributed by atoms with E-state index in [1.807, 2.05) is 24.0 Å².